The number of hydrogen-bond acceptors (Lipinski definition) is 1. The Labute approximate surface area is 68.5 Å². The van der Waals surface area contributed by atoms with Crippen LogP contribution < -0.4 is 5.32 Å². The largest absolute Gasteiger partial charge is 0.319 e. The monoisotopic (exact) mass is 161 g/mol. The van der Waals surface area contributed by atoms with E-state index in [-0.39, 0.29) is 0 Å². The van der Waals surface area contributed by atoms with E-state index in [0.717, 1.165) is 24.4 Å². The lowest BCUT2D eigenvalue weighted by Crippen LogP contribution is -2.15. The van der Waals surface area contributed by atoms with Crippen LogP contribution in [-0.2, 0) is 0 Å². The fourth-order valence-corrected chi connectivity index (χ4v) is 0.963. The Balaban J connectivity index is 3.21. The standard InChI is InChI=1S/C8H16ClN/c1-7(6-10-3)4-5-8(2)9/h7,10H,2,4-6H2,1,3H3. The highest BCUT2D eigenvalue weighted by Crippen LogP contribution is 2.12. The molecule has 0 amide bonds. The summed E-state index contributed by atoms with van der Waals surface area (Å²) in [7, 11) is 1.96. The molecule has 0 saturated carbocycles. The molecule has 2 heteroatoms. The predicted molar refractivity (Wildman–Crippen MR) is 47.3 cm³/mol. The van der Waals surface area contributed by atoms with Gasteiger partial charge in [0.05, 0.1) is 0 Å². The first-order chi connectivity index (χ1) is 4.66. The van der Waals surface area contributed by atoms with Crippen molar-refractivity contribution < 1.29 is 0 Å². The molecule has 0 aromatic heterocycles. The predicted octanol–water partition coefficient (Wildman–Crippen LogP) is 2.37. The highest BCUT2D eigenvalue weighted by molar-refractivity contribution is 6.29. The normalized spacial score (nSPS) is 13.1. The molecule has 1 nitrogen and oxygen atoms in total. The SMILES string of the molecule is C=C(Cl)CCC(C)CNC. The Morgan fingerprint density at radius 3 is 2.70 bits per heavy atom. The lowest BCUT2D eigenvalue weighted by Gasteiger charge is -2.08. The lowest BCUT2D eigenvalue weighted by molar-refractivity contribution is 0.508. The molecule has 0 bridgehead atoms. The van der Waals surface area contributed by atoms with Crippen LogP contribution in [0.4, 0.5) is 0 Å². The van der Waals surface area contributed by atoms with Gasteiger partial charge in [-0.25, -0.2) is 0 Å². The zero-order valence-electron chi connectivity index (χ0n) is 6.78. The van der Waals surface area contributed by atoms with E-state index in [4.69, 9.17) is 11.6 Å². The zero-order valence-corrected chi connectivity index (χ0v) is 7.54. The van der Waals surface area contributed by atoms with Crippen molar-refractivity contribution in [2.45, 2.75) is 19.8 Å². The molecule has 0 aromatic carbocycles. The summed E-state index contributed by atoms with van der Waals surface area (Å²) in [5.74, 6) is 0.695. The molecule has 0 spiro atoms. The van der Waals surface area contributed by atoms with Crippen LogP contribution in [0.25, 0.3) is 0 Å². The Morgan fingerprint density at radius 2 is 2.30 bits per heavy atom. The second-order valence-electron chi connectivity index (χ2n) is 2.72. The molecule has 1 N–H and O–H groups in total. The van der Waals surface area contributed by atoms with Gasteiger partial charge in [0.25, 0.3) is 0 Å². The van der Waals surface area contributed by atoms with Gasteiger partial charge >= 0.3 is 0 Å². The van der Waals surface area contributed by atoms with Gasteiger partial charge in [-0.3, -0.25) is 0 Å². The van der Waals surface area contributed by atoms with E-state index in [9.17, 15) is 0 Å². The quantitative estimate of drug-likeness (QED) is 0.653. The summed E-state index contributed by atoms with van der Waals surface area (Å²) >= 11 is 5.61. The maximum atomic E-state index is 5.61. The fourth-order valence-electron chi connectivity index (χ4n) is 0.854. The van der Waals surface area contributed by atoms with Crippen molar-refractivity contribution in [2.75, 3.05) is 13.6 Å². The summed E-state index contributed by atoms with van der Waals surface area (Å²) in [6.45, 7) is 6.90. The van der Waals surface area contributed by atoms with Crippen molar-refractivity contribution in [3.05, 3.63) is 11.6 Å². The van der Waals surface area contributed by atoms with Gasteiger partial charge in [0.1, 0.15) is 0 Å². The lowest BCUT2D eigenvalue weighted by atomic mass is 10.1. The van der Waals surface area contributed by atoms with E-state index in [1.807, 2.05) is 7.05 Å². The van der Waals surface area contributed by atoms with Gasteiger partial charge in [-0.2, -0.15) is 0 Å². The third kappa shape index (κ3) is 6.12. The van der Waals surface area contributed by atoms with E-state index >= 15 is 0 Å². The molecule has 0 aromatic rings. The minimum Gasteiger partial charge on any atom is -0.319 e. The van der Waals surface area contributed by atoms with Crippen molar-refractivity contribution in [2.24, 2.45) is 5.92 Å². The van der Waals surface area contributed by atoms with Crippen molar-refractivity contribution in [3.8, 4) is 0 Å². The Morgan fingerprint density at radius 1 is 1.70 bits per heavy atom. The van der Waals surface area contributed by atoms with Gasteiger partial charge in [0.2, 0.25) is 0 Å². The van der Waals surface area contributed by atoms with Crippen molar-refractivity contribution in [1.29, 1.82) is 0 Å². The van der Waals surface area contributed by atoms with Crippen LogP contribution in [0.2, 0.25) is 0 Å². The summed E-state index contributed by atoms with van der Waals surface area (Å²) in [4.78, 5) is 0. The second kappa shape index (κ2) is 5.75. The Hall–Kier alpha value is -0.0100. The van der Waals surface area contributed by atoms with Crippen LogP contribution in [0.1, 0.15) is 19.8 Å². The van der Waals surface area contributed by atoms with Gasteiger partial charge in [-0.05, 0) is 32.4 Å². The molecular formula is C8H16ClN. The number of rotatable bonds is 5. The molecule has 0 aliphatic carbocycles. The highest BCUT2D eigenvalue weighted by Gasteiger charge is 1.99. The molecule has 0 radical (unpaired) electrons. The first kappa shape index (κ1) is 9.99. The smallest absolute Gasteiger partial charge is 0.0109 e. The van der Waals surface area contributed by atoms with Gasteiger partial charge < -0.3 is 5.32 Å². The summed E-state index contributed by atoms with van der Waals surface area (Å²) in [5.41, 5.74) is 0. The molecule has 0 aliphatic rings. The summed E-state index contributed by atoms with van der Waals surface area (Å²) in [5, 5.41) is 3.89. The van der Waals surface area contributed by atoms with Crippen LogP contribution in [-0.4, -0.2) is 13.6 Å². The average Bonchev–Trinajstić information content (AvgIpc) is 1.85. The third-order valence-electron chi connectivity index (χ3n) is 1.46. The van der Waals surface area contributed by atoms with Crippen molar-refractivity contribution in [3.63, 3.8) is 0 Å². The Kier molecular flexibility index (Phi) is 5.74. The molecule has 0 rings (SSSR count). The first-order valence-electron chi connectivity index (χ1n) is 3.64. The van der Waals surface area contributed by atoms with Crippen molar-refractivity contribution >= 4 is 11.6 Å². The van der Waals surface area contributed by atoms with Crippen LogP contribution >= 0.6 is 11.6 Å². The number of hydrogen-bond donors (Lipinski definition) is 1. The van der Waals surface area contributed by atoms with Crippen LogP contribution in [0, 0.1) is 5.92 Å². The van der Waals surface area contributed by atoms with Crippen LogP contribution in [0.15, 0.2) is 11.6 Å². The van der Waals surface area contributed by atoms with E-state index < -0.39 is 0 Å². The minimum absolute atomic E-state index is 0.695. The molecule has 1 unspecified atom stereocenters. The first-order valence-corrected chi connectivity index (χ1v) is 4.02. The van der Waals surface area contributed by atoms with Gasteiger partial charge in [0, 0.05) is 5.03 Å². The molecule has 1 atom stereocenters. The molecule has 0 saturated heterocycles. The average molecular weight is 162 g/mol. The maximum Gasteiger partial charge on any atom is 0.0109 e. The molecule has 60 valence electrons. The topological polar surface area (TPSA) is 12.0 Å². The zero-order chi connectivity index (χ0) is 7.98. The summed E-state index contributed by atoms with van der Waals surface area (Å²) in [6.07, 6.45) is 2.06. The Bertz CT molecular complexity index is 101. The third-order valence-corrected chi connectivity index (χ3v) is 1.65. The summed E-state index contributed by atoms with van der Waals surface area (Å²) < 4.78 is 0. The van der Waals surface area contributed by atoms with Gasteiger partial charge in [-0.1, -0.05) is 25.1 Å². The van der Waals surface area contributed by atoms with Gasteiger partial charge in [0.15, 0.2) is 0 Å². The maximum absolute atomic E-state index is 5.61. The fraction of sp³-hybridized carbons (Fsp3) is 0.750. The molecule has 10 heavy (non-hydrogen) atoms. The van der Waals surface area contributed by atoms with Gasteiger partial charge in [-0.15, -0.1) is 0 Å². The molecule has 0 aliphatic heterocycles. The molecule has 0 heterocycles. The number of nitrogens with one attached hydrogen (secondary N) is 1. The minimum atomic E-state index is 0.695. The van der Waals surface area contributed by atoms with E-state index in [0.29, 0.717) is 5.92 Å². The highest BCUT2D eigenvalue weighted by atomic mass is 35.5. The number of allylic oxidation sites excluding steroid dienone is 1. The second-order valence-corrected chi connectivity index (χ2v) is 3.25. The van der Waals surface area contributed by atoms with Crippen LogP contribution in [0.5, 0.6) is 0 Å². The van der Waals surface area contributed by atoms with Crippen molar-refractivity contribution in [1.82, 2.24) is 5.32 Å². The van der Waals surface area contributed by atoms with E-state index in [1.54, 1.807) is 0 Å². The van der Waals surface area contributed by atoms with E-state index in [1.165, 1.54) is 0 Å². The molecule has 0 fully saturated rings. The van der Waals surface area contributed by atoms with Crippen LogP contribution in [0.3, 0.4) is 0 Å². The van der Waals surface area contributed by atoms with E-state index in [2.05, 4.69) is 18.8 Å². The summed E-state index contributed by atoms with van der Waals surface area (Å²) in [6, 6.07) is 0. The molecular weight excluding hydrogens is 146 g/mol. The number of halogens is 1.